The molecule has 23 heavy (non-hydrogen) atoms. The summed E-state index contributed by atoms with van der Waals surface area (Å²) in [5.41, 5.74) is 0.760. The molecule has 1 unspecified atom stereocenters. The number of hydrogen-bond donors (Lipinski definition) is 2. The fourth-order valence-corrected chi connectivity index (χ4v) is 3.22. The van der Waals surface area contributed by atoms with Gasteiger partial charge < -0.3 is 5.32 Å². The van der Waals surface area contributed by atoms with Crippen molar-refractivity contribution < 1.29 is 13.2 Å². The van der Waals surface area contributed by atoms with Gasteiger partial charge in [0.2, 0.25) is 15.9 Å². The molecule has 1 atom stereocenters. The average molecular weight is 352 g/mol. The van der Waals surface area contributed by atoms with Crippen LogP contribution in [0.2, 0.25) is 0 Å². The van der Waals surface area contributed by atoms with Crippen molar-refractivity contribution >= 4 is 33.8 Å². The van der Waals surface area contributed by atoms with Crippen molar-refractivity contribution in [2.75, 3.05) is 18.6 Å². The molecule has 0 saturated carbocycles. The molecule has 0 bridgehead atoms. The summed E-state index contributed by atoms with van der Waals surface area (Å²) in [7, 11) is -3.73. The number of terminal acetylenes is 1. The molecule has 0 aliphatic rings. The summed E-state index contributed by atoms with van der Waals surface area (Å²) in [5.74, 6) is 2.52. The van der Waals surface area contributed by atoms with Gasteiger partial charge in [0.05, 0.1) is 6.54 Å². The molecule has 5 nitrogen and oxygen atoms in total. The number of sulfonamides is 1. The summed E-state index contributed by atoms with van der Waals surface area (Å²) in [6, 6.07) is 8.20. The predicted octanol–water partition coefficient (Wildman–Crippen LogP) is 1.45. The normalized spacial score (nSPS) is 12.7. The molecule has 124 valence electrons. The molecule has 1 rings (SSSR count). The van der Waals surface area contributed by atoms with Gasteiger partial charge in [-0.2, -0.15) is 16.5 Å². The molecular formula is C16H20N2O3S2. The third-order valence-corrected chi connectivity index (χ3v) is 4.59. The highest BCUT2D eigenvalue weighted by molar-refractivity contribution is 7.98. The van der Waals surface area contributed by atoms with E-state index in [1.807, 2.05) is 24.5 Å². The summed E-state index contributed by atoms with van der Waals surface area (Å²) < 4.78 is 26.7. The zero-order chi connectivity index (χ0) is 17.1. The van der Waals surface area contributed by atoms with Gasteiger partial charge in [-0.1, -0.05) is 36.3 Å². The summed E-state index contributed by atoms with van der Waals surface area (Å²) >= 11 is 1.53. The minimum absolute atomic E-state index is 0.0657. The lowest BCUT2D eigenvalue weighted by Crippen LogP contribution is -2.46. The second kappa shape index (κ2) is 10.1. The van der Waals surface area contributed by atoms with Gasteiger partial charge in [0.15, 0.2) is 0 Å². The van der Waals surface area contributed by atoms with Crippen molar-refractivity contribution in [1.82, 2.24) is 10.0 Å². The molecule has 0 aliphatic heterocycles. The van der Waals surface area contributed by atoms with E-state index >= 15 is 0 Å². The summed E-state index contributed by atoms with van der Waals surface area (Å²) in [5, 5.41) is 3.56. The van der Waals surface area contributed by atoms with Gasteiger partial charge in [0.25, 0.3) is 0 Å². The topological polar surface area (TPSA) is 75.3 Å². The second-order valence-corrected chi connectivity index (χ2v) is 7.22. The van der Waals surface area contributed by atoms with Crippen molar-refractivity contribution in [3.8, 4) is 12.3 Å². The first kappa shape index (κ1) is 19.3. The van der Waals surface area contributed by atoms with Crippen molar-refractivity contribution in [3.63, 3.8) is 0 Å². The molecule has 0 spiro atoms. The second-order valence-electron chi connectivity index (χ2n) is 4.63. The highest BCUT2D eigenvalue weighted by atomic mass is 32.2. The lowest BCUT2D eigenvalue weighted by atomic mass is 10.2. The Morgan fingerprint density at radius 2 is 2.09 bits per heavy atom. The Bertz CT molecular complexity index is 664. The van der Waals surface area contributed by atoms with E-state index in [0.717, 1.165) is 11.0 Å². The highest BCUT2D eigenvalue weighted by Crippen LogP contribution is 2.06. The van der Waals surface area contributed by atoms with Crippen molar-refractivity contribution in [3.05, 3.63) is 41.3 Å². The SMILES string of the molecule is C#CCNC(=O)C(CCSC)NS(=O)(=O)/C=C/c1ccccc1. The van der Waals surface area contributed by atoms with Gasteiger partial charge in [-0.3, -0.25) is 4.79 Å². The molecule has 1 amide bonds. The van der Waals surface area contributed by atoms with E-state index < -0.39 is 22.0 Å². The Morgan fingerprint density at radius 1 is 1.39 bits per heavy atom. The number of amides is 1. The van der Waals surface area contributed by atoms with Crippen molar-refractivity contribution in [1.29, 1.82) is 0 Å². The maximum absolute atomic E-state index is 12.1. The van der Waals surface area contributed by atoms with E-state index in [0.29, 0.717) is 12.2 Å². The molecule has 0 aromatic heterocycles. The number of benzene rings is 1. The molecule has 0 saturated heterocycles. The maximum Gasteiger partial charge on any atom is 0.238 e. The summed E-state index contributed by atoms with van der Waals surface area (Å²) in [4.78, 5) is 12.0. The number of nitrogens with one attached hydrogen (secondary N) is 2. The first-order valence-corrected chi connectivity index (χ1v) is 9.88. The Balaban J connectivity index is 2.77. The lowest BCUT2D eigenvalue weighted by molar-refractivity contribution is -0.122. The van der Waals surface area contributed by atoms with Crippen LogP contribution in [0.5, 0.6) is 0 Å². The summed E-state index contributed by atoms with van der Waals surface area (Å²) in [6.45, 7) is 0.0657. The monoisotopic (exact) mass is 352 g/mol. The number of rotatable bonds is 9. The number of hydrogen-bond acceptors (Lipinski definition) is 4. The van der Waals surface area contributed by atoms with Gasteiger partial charge in [-0.05, 0) is 30.1 Å². The fraction of sp³-hybridized carbons (Fsp3) is 0.312. The largest absolute Gasteiger partial charge is 0.344 e. The van der Waals surface area contributed by atoms with Gasteiger partial charge in [0.1, 0.15) is 6.04 Å². The van der Waals surface area contributed by atoms with E-state index in [1.165, 1.54) is 17.8 Å². The van der Waals surface area contributed by atoms with Crippen LogP contribution in [-0.2, 0) is 14.8 Å². The van der Waals surface area contributed by atoms with Crippen LogP contribution in [0, 0.1) is 12.3 Å². The fourth-order valence-electron chi connectivity index (χ4n) is 1.71. The average Bonchev–Trinajstić information content (AvgIpc) is 2.55. The molecular weight excluding hydrogens is 332 g/mol. The van der Waals surface area contributed by atoms with Gasteiger partial charge in [-0.15, -0.1) is 6.42 Å². The Morgan fingerprint density at radius 3 is 2.70 bits per heavy atom. The smallest absolute Gasteiger partial charge is 0.238 e. The Hall–Kier alpha value is -1.75. The minimum atomic E-state index is -3.73. The standard InChI is InChI=1S/C16H20N2O3S2/c1-3-11-17-16(19)15(9-12-22-2)18-23(20,21)13-10-14-7-5-4-6-8-14/h1,4-8,10,13,15,18H,9,11-12H2,2H3,(H,17,19)/b13-10+. The molecule has 7 heteroatoms. The number of carbonyl (C=O) groups is 1. The molecule has 0 aliphatic carbocycles. The lowest BCUT2D eigenvalue weighted by Gasteiger charge is -2.16. The Kier molecular flexibility index (Phi) is 8.48. The zero-order valence-electron chi connectivity index (χ0n) is 12.9. The van der Waals surface area contributed by atoms with E-state index in [9.17, 15) is 13.2 Å². The van der Waals surface area contributed by atoms with E-state index in [2.05, 4.69) is 16.0 Å². The van der Waals surface area contributed by atoms with Crippen LogP contribution < -0.4 is 10.0 Å². The van der Waals surface area contributed by atoms with Crippen LogP contribution in [-0.4, -0.2) is 38.9 Å². The minimum Gasteiger partial charge on any atom is -0.344 e. The van der Waals surface area contributed by atoms with Crippen molar-refractivity contribution in [2.24, 2.45) is 0 Å². The molecule has 1 aromatic carbocycles. The summed E-state index contributed by atoms with van der Waals surface area (Å²) in [6.07, 6.45) is 8.85. The van der Waals surface area contributed by atoms with Crippen molar-refractivity contribution in [2.45, 2.75) is 12.5 Å². The van der Waals surface area contributed by atoms with Crippen LogP contribution in [0.3, 0.4) is 0 Å². The molecule has 0 radical (unpaired) electrons. The quantitative estimate of drug-likeness (QED) is 0.660. The van der Waals surface area contributed by atoms with E-state index in [-0.39, 0.29) is 6.54 Å². The molecule has 0 fully saturated rings. The molecule has 0 heterocycles. The first-order chi connectivity index (χ1) is 11.0. The van der Waals surface area contributed by atoms with Gasteiger partial charge in [-0.25, -0.2) is 8.42 Å². The number of carbonyl (C=O) groups excluding carboxylic acids is 1. The Labute approximate surface area is 142 Å². The molecule has 2 N–H and O–H groups in total. The van der Waals surface area contributed by atoms with E-state index in [1.54, 1.807) is 12.1 Å². The van der Waals surface area contributed by atoms with Crippen LogP contribution in [0.1, 0.15) is 12.0 Å². The van der Waals surface area contributed by atoms with Crippen LogP contribution in [0.4, 0.5) is 0 Å². The van der Waals surface area contributed by atoms with Crippen LogP contribution in [0.25, 0.3) is 6.08 Å². The maximum atomic E-state index is 12.1. The third kappa shape index (κ3) is 7.88. The predicted molar refractivity (Wildman–Crippen MR) is 96.2 cm³/mol. The number of thioether (sulfide) groups is 1. The van der Waals surface area contributed by atoms with Gasteiger partial charge in [0, 0.05) is 5.41 Å². The van der Waals surface area contributed by atoms with Crippen LogP contribution >= 0.6 is 11.8 Å². The zero-order valence-corrected chi connectivity index (χ0v) is 14.5. The third-order valence-electron chi connectivity index (χ3n) is 2.84. The molecule has 1 aromatic rings. The first-order valence-electron chi connectivity index (χ1n) is 6.94. The van der Waals surface area contributed by atoms with E-state index in [4.69, 9.17) is 6.42 Å². The van der Waals surface area contributed by atoms with Crippen LogP contribution in [0.15, 0.2) is 35.7 Å². The van der Waals surface area contributed by atoms with Gasteiger partial charge >= 0.3 is 0 Å². The highest BCUT2D eigenvalue weighted by Gasteiger charge is 2.22.